The molecule has 4 rings (SSSR count). The number of aromatic nitrogens is 1. The van der Waals surface area contributed by atoms with E-state index >= 15 is 0 Å². The quantitative estimate of drug-likeness (QED) is 0.542. The number of thiazole rings is 1. The summed E-state index contributed by atoms with van der Waals surface area (Å²) in [5.41, 5.74) is 2.65. The van der Waals surface area contributed by atoms with Gasteiger partial charge in [0.15, 0.2) is 5.17 Å². The van der Waals surface area contributed by atoms with E-state index < -0.39 is 5.97 Å². The molecule has 0 unspecified atom stereocenters. The van der Waals surface area contributed by atoms with Gasteiger partial charge in [-0.1, -0.05) is 23.5 Å². The minimum atomic E-state index is -0.409. The maximum atomic E-state index is 12.4. The molecule has 1 aromatic heterocycles. The highest BCUT2D eigenvalue weighted by atomic mass is 32.2. The number of amides is 1. The fourth-order valence-electron chi connectivity index (χ4n) is 3.14. The number of anilines is 1. The van der Waals surface area contributed by atoms with Crippen molar-refractivity contribution in [3.63, 3.8) is 0 Å². The molecule has 31 heavy (non-hydrogen) atoms. The number of nitrogens with one attached hydrogen (secondary N) is 1. The summed E-state index contributed by atoms with van der Waals surface area (Å²) >= 11 is 2.39. The van der Waals surface area contributed by atoms with Gasteiger partial charge >= 0.3 is 5.97 Å². The zero-order chi connectivity index (χ0) is 21.8. The molecule has 1 amide bonds. The normalized spacial score (nSPS) is 19.2. The number of morpholine rings is 1. The number of aliphatic imine (C=N–C) groups is 1. The van der Waals surface area contributed by atoms with Crippen LogP contribution in [0.3, 0.4) is 0 Å². The van der Waals surface area contributed by atoms with Crippen LogP contribution in [-0.4, -0.2) is 54.9 Å². The van der Waals surface area contributed by atoms with E-state index in [0.29, 0.717) is 32.4 Å². The third kappa shape index (κ3) is 5.15. The molecule has 2 aliphatic heterocycles. The number of rotatable bonds is 5. The first-order valence-electron chi connectivity index (χ1n) is 9.90. The van der Waals surface area contributed by atoms with Crippen molar-refractivity contribution in [3.8, 4) is 0 Å². The fourth-order valence-corrected chi connectivity index (χ4v) is 4.86. The second-order valence-corrected chi connectivity index (χ2v) is 8.81. The molecule has 8 nitrogen and oxygen atoms in total. The topological polar surface area (TPSA) is 93.1 Å². The predicted octanol–water partition coefficient (Wildman–Crippen LogP) is 3.36. The number of aryl methyl sites for hydroxylation is 1. The van der Waals surface area contributed by atoms with E-state index in [0.717, 1.165) is 48.9 Å². The first-order chi connectivity index (χ1) is 15.0. The zero-order valence-corrected chi connectivity index (χ0v) is 18.8. The van der Waals surface area contributed by atoms with Crippen LogP contribution in [0.1, 0.15) is 27.9 Å². The van der Waals surface area contributed by atoms with Gasteiger partial charge in [-0.05, 0) is 49.4 Å². The van der Waals surface area contributed by atoms with Crippen LogP contribution in [0.2, 0.25) is 0 Å². The summed E-state index contributed by atoms with van der Waals surface area (Å²) in [6, 6.07) is 8.10. The Balaban J connectivity index is 1.46. The van der Waals surface area contributed by atoms with Gasteiger partial charge in [0, 0.05) is 18.8 Å². The van der Waals surface area contributed by atoms with Gasteiger partial charge in [0.2, 0.25) is 5.13 Å². The standard InChI is InChI=1S/C21H22N4O4S2/c1-3-29-19(27)17-13(2)22-20(31-17)24-21-23-18(26)16(30-21)12-14-4-6-15(7-5-14)25-8-10-28-11-9-25/h4-7,12H,3,8-11H2,1-2H3,(H,22,23,24,26)/b16-12-. The lowest BCUT2D eigenvalue weighted by Gasteiger charge is -2.28. The molecule has 0 bridgehead atoms. The lowest BCUT2D eigenvalue weighted by atomic mass is 10.1. The first kappa shape index (κ1) is 21.5. The number of esters is 1. The van der Waals surface area contributed by atoms with Crippen molar-refractivity contribution in [1.82, 2.24) is 10.3 Å². The highest BCUT2D eigenvalue weighted by Gasteiger charge is 2.25. The Hall–Kier alpha value is -2.69. The zero-order valence-electron chi connectivity index (χ0n) is 17.2. The maximum absolute atomic E-state index is 12.4. The summed E-state index contributed by atoms with van der Waals surface area (Å²) < 4.78 is 10.4. The number of amidine groups is 1. The highest BCUT2D eigenvalue weighted by Crippen LogP contribution is 2.31. The van der Waals surface area contributed by atoms with E-state index in [9.17, 15) is 9.59 Å². The lowest BCUT2D eigenvalue weighted by Crippen LogP contribution is -2.36. The molecule has 3 heterocycles. The Labute approximate surface area is 188 Å². The molecule has 0 spiro atoms. The molecule has 2 saturated heterocycles. The summed E-state index contributed by atoms with van der Waals surface area (Å²) in [6.45, 7) is 7.03. The van der Waals surface area contributed by atoms with Gasteiger partial charge in [-0.2, -0.15) is 4.99 Å². The lowest BCUT2D eigenvalue weighted by molar-refractivity contribution is -0.115. The molecule has 2 fully saturated rings. The smallest absolute Gasteiger partial charge is 0.350 e. The molecule has 10 heteroatoms. The van der Waals surface area contributed by atoms with Gasteiger partial charge in [0.1, 0.15) is 4.88 Å². The van der Waals surface area contributed by atoms with Crippen molar-refractivity contribution in [1.29, 1.82) is 0 Å². The number of carbonyl (C=O) groups excluding carboxylic acids is 2. The SMILES string of the molecule is CCOC(=O)c1sc(/N=C2\NC(=O)/C(=C/c3ccc(N4CCOCC4)cc3)S2)nc1C. The average molecular weight is 459 g/mol. The number of hydrogen-bond acceptors (Lipinski definition) is 9. The Bertz CT molecular complexity index is 1040. The van der Waals surface area contributed by atoms with Crippen molar-refractivity contribution in [2.45, 2.75) is 13.8 Å². The number of benzene rings is 1. The van der Waals surface area contributed by atoms with Crippen molar-refractivity contribution in [3.05, 3.63) is 45.3 Å². The van der Waals surface area contributed by atoms with Crippen LogP contribution in [0.25, 0.3) is 6.08 Å². The van der Waals surface area contributed by atoms with Crippen molar-refractivity contribution in [2.24, 2.45) is 4.99 Å². The van der Waals surface area contributed by atoms with Crippen molar-refractivity contribution >= 4 is 57.0 Å². The van der Waals surface area contributed by atoms with E-state index in [1.807, 2.05) is 18.2 Å². The molecule has 0 atom stereocenters. The molecular weight excluding hydrogens is 436 g/mol. The molecular formula is C21H22N4O4S2. The number of carbonyl (C=O) groups is 2. The Kier molecular flexibility index (Phi) is 6.69. The van der Waals surface area contributed by atoms with E-state index in [1.165, 1.54) is 11.8 Å². The van der Waals surface area contributed by atoms with E-state index in [4.69, 9.17) is 9.47 Å². The van der Waals surface area contributed by atoms with Crippen molar-refractivity contribution < 1.29 is 19.1 Å². The predicted molar refractivity (Wildman–Crippen MR) is 123 cm³/mol. The Morgan fingerprint density at radius 1 is 1.32 bits per heavy atom. The first-order valence-corrected chi connectivity index (χ1v) is 11.5. The second kappa shape index (κ2) is 9.63. The molecule has 2 aromatic rings. The van der Waals surface area contributed by atoms with Crippen LogP contribution in [0.5, 0.6) is 0 Å². The summed E-state index contributed by atoms with van der Waals surface area (Å²) in [7, 11) is 0. The largest absolute Gasteiger partial charge is 0.462 e. The second-order valence-electron chi connectivity index (χ2n) is 6.80. The van der Waals surface area contributed by atoms with Gasteiger partial charge in [-0.3, -0.25) is 4.79 Å². The van der Waals surface area contributed by atoms with Gasteiger partial charge in [0.25, 0.3) is 5.91 Å². The highest BCUT2D eigenvalue weighted by molar-refractivity contribution is 8.18. The third-order valence-corrected chi connectivity index (χ3v) is 6.60. The molecule has 162 valence electrons. The number of thioether (sulfide) groups is 1. The van der Waals surface area contributed by atoms with Crippen LogP contribution < -0.4 is 10.2 Å². The van der Waals surface area contributed by atoms with Crippen LogP contribution in [0, 0.1) is 6.92 Å². The summed E-state index contributed by atoms with van der Waals surface area (Å²) in [5.74, 6) is -0.618. The Morgan fingerprint density at radius 3 is 2.77 bits per heavy atom. The van der Waals surface area contributed by atoms with Gasteiger partial charge in [0.05, 0.1) is 30.4 Å². The van der Waals surface area contributed by atoms with Crippen LogP contribution in [0.15, 0.2) is 34.2 Å². The van der Waals surface area contributed by atoms with E-state index in [2.05, 4.69) is 32.3 Å². The summed E-state index contributed by atoms with van der Waals surface area (Å²) in [6.07, 6.45) is 1.84. The molecule has 1 aromatic carbocycles. The van der Waals surface area contributed by atoms with E-state index in [1.54, 1.807) is 13.8 Å². The van der Waals surface area contributed by atoms with Crippen molar-refractivity contribution in [2.75, 3.05) is 37.8 Å². The average Bonchev–Trinajstić information content (AvgIpc) is 3.31. The minimum Gasteiger partial charge on any atom is -0.462 e. The van der Waals surface area contributed by atoms with E-state index in [-0.39, 0.29) is 5.91 Å². The number of ether oxygens (including phenoxy) is 2. The summed E-state index contributed by atoms with van der Waals surface area (Å²) in [5, 5.41) is 3.59. The minimum absolute atomic E-state index is 0.208. The molecule has 0 aliphatic carbocycles. The Morgan fingerprint density at radius 2 is 2.06 bits per heavy atom. The third-order valence-electron chi connectivity index (χ3n) is 4.66. The molecule has 1 N–H and O–H groups in total. The monoisotopic (exact) mass is 458 g/mol. The van der Waals surface area contributed by atoms with Crippen LogP contribution >= 0.6 is 23.1 Å². The molecule has 0 radical (unpaired) electrons. The fraction of sp³-hybridized carbons (Fsp3) is 0.333. The number of nitrogens with zero attached hydrogens (tertiary/aromatic N) is 3. The van der Waals surface area contributed by atoms with Gasteiger partial charge < -0.3 is 19.7 Å². The van der Waals surface area contributed by atoms with Gasteiger partial charge in [-0.25, -0.2) is 9.78 Å². The van der Waals surface area contributed by atoms with Gasteiger partial charge in [-0.15, -0.1) is 0 Å². The van der Waals surface area contributed by atoms with Crippen LogP contribution in [0.4, 0.5) is 10.8 Å². The molecule has 0 saturated carbocycles. The summed E-state index contributed by atoms with van der Waals surface area (Å²) in [4.78, 5) is 36.3. The maximum Gasteiger partial charge on any atom is 0.350 e. The molecule has 2 aliphatic rings. The number of hydrogen-bond donors (Lipinski definition) is 1. The van der Waals surface area contributed by atoms with Crippen LogP contribution in [-0.2, 0) is 14.3 Å².